The maximum Gasteiger partial charge on any atom is 0.122 e. The Hall–Kier alpha value is -1.96. The van der Waals surface area contributed by atoms with Crippen LogP contribution in [-0.4, -0.2) is 14.2 Å². The van der Waals surface area contributed by atoms with Crippen molar-refractivity contribution in [1.82, 2.24) is 0 Å². The number of hydrogen-bond donors (Lipinski definition) is 0. The molecule has 0 aliphatic heterocycles. The molecule has 129 valence electrons. The van der Waals surface area contributed by atoms with E-state index < -0.39 is 0 Å². The topological polar surface area (TPSA) is 18.5 Å². The zero-order chi connectivity index (χ0) is 17.2. The SMILES string of the molecule is [CH2]CCC(CCCCc1ccccc1OC)c1cccc(OC)c1. The van der Waals surface area contributed by atoms with Crippen molar-refractivity contribution >= 4 is 0 Å². The fraction of sp³-hybridized carbons (Fsp3) is 0.409. The molecule has 0 N–H and O–H groups in total. The third-order valence-corrected chi connectivity index (χ3v) is 4.56. The van der Waals surface area contributed by atoms with Gasteiger partial charge in [0.2, 0.25) is 0 Å². The lowest BCUT2D eigenvalue weighted by Crippen LogP contribution is -2.00. The predicted molar refractivity (Wildman–Crippen MR) is 101 cm³/mol. The third-order valence-electron chi connectivity index (χ3n) is 4.56. The highest BCUT2D eigenvalue weighted by molar-refractivity contribution is 5.33. The Morgan fingerprint density at radius 2 is 1.75 bits per heavy atom. The first-order valence-corrected chi connectivity index (χ1v) is 8.83. The Labute approximate surface area is 146 Å². The van der Waals surface area contributed by atoms with Crippen molar-refractivity contribution in [3.05, 3.63) is 66.6 Å². The maximum absolute atomic E-state index is 5.43. The summed E-state index contributed by atoms with van der Waals surface area (Å²) < 4.78 is 10.8. The number of methoxy groups -OCH3 is 2. The monoisotopic (exact) mass is 325 g/mol. The predicted octanol–water partition coefficient (Wildman–Crippen LogP) is 5.81. The first kappa shape index (κ1) is 18.4. The van der Waals surface area contributed by atoms with Crippen molar-refractivity contribution < 1.29 is 9.47 Å². The van der Waals surface area contributed by atoms with E-state index >= 15 is 0 Å². The first-order chi connectivity index (χ1) is 11.8. The van der Waals surface area contributed by atoms with Crippen LogP contribution in [0.5, 0.6) is 11.5 Å². The number of hydrogen-bond acceptors (Lipinski definition) is 2. The van der Waals surface area contributed by atoms with Crippen LogP contribution in [-0.2, 0) is 6.42 Å². The highest BCUT2D eigenvalue weighted by Crippen LogP contribution is 2.30. The Morgan fingerprint density at radius 1 is 0.917 bits per heavy atom. The summed E-state index contributed by atoms with van der Waals surface area (Å²) in [6.07, 6.45) is 6.74. The number of ether oxygens (including phenoxy) is 2. The van der Waals surface area contributed by atoms with Gasteiger partial charge < -0.3 is 9.47 Å². The van der Waals surface area contributed by atoms with Crippen molar-refractivity contribution in [2.24, 2.45) is 0 Å². The second kappa shape index (κ2) is 10.0. The minimum absolute atomic E-state index is 0.565. The van der Waals surface area contributed by atoms with Gasteiger partial charge in [-0.15, -0.1) is 0 Å². The summed E-state index contributed by atoms with van der Waals surface area (Å²) in [7, 11) is 3.47. The molecule has 24 heavy (non-hydrogen) atoms. The van der Waals surface area contributed by atoms with Crippen molar-refractivity contribution in [3.63, 3.8) is 0 Å². The van der Waals surface area contributed by atoms with Crippen LogP contribution in [0.15, 0.2) is 48.5 Å². The van der Waals surface area contributed by atoms with E-state index in [0.717, 1.165) is 30.8 Å². The van der Waals surface area contributed by atoms with Crippen LogP contribution in [0.1, 0.15) is 49.1 Å². The zero-order valence-corrected chi connectivity index (χ0v) is 15.0. The van der Waals surface area contributed by atoms with Crippen LogP contribution < -0.4 is 9.47 Å². The smallest absolute Gasteiger partial charge is 0.122 e. The summed E-state index contributed by atoms with van der Waals surface area (Å²) in [4.78, 5) is 0. The first-order valence-electron chi connectivity index (χ1n) is 8.83. The molecule has 0 amide bonds. The van der Waals surface area contributed by atoms with Crippen LogP contribution in [0.2, 0.25) is 0 Å². The summed E-state index contributed by atoms with van der Waals surface area (Å²) in [5.41, 5.74) is 2.67. The van der Waals surface area contributed by atoms with Crippen LogP contribution >= 0.6 is 0 Å². The highest BCUT2D eigenvalue weighted by atomic mass is 16.5. The van der Waals surface area contributed by atoms with Gasteiger partial charge in [0.15, 0.2) is 0 Å². The van der Waals surface area contributed by atoms with Crippen molar-refractivity contribution in [1.29, 1.82) is 0 Å². The second-order valence-electron chi connectivity index (χ2n) is 6.17. The van der Waals surface area contributed by atoms with Gasteiger partial charge in [-0.05, 0) is 60.9 Å². The molecule has 2 rings (SSSR count). The standard InChI is InChI=1S/C22H29O2/c1-4-10-18(20-14-9-15-21(17-20)23-2)11-5-6-12-19-13-7-8-16-22(19)24-3/h7-9,13-18H,1,4-6,10-12H2,2-3H3. The van der Waals surface area contributed by atoms with E-state index in [4.69, 9.17) is 9.47 Å². The Bertz CT molecular complexity index is 606. The van der Waals surface area contributed by atoms with Crippen LogP contribution in [0.3, 0.4) is 0 Å². The minimum atomic E-state index is 0.565. The van der Waals surface area contributed by atoms with Crippen molar-refractivity contribution in [3.8, 4) is 11.5 Å². The molecule has 0 saturated carbocycles. The summed E-state index contributed by atoms with van der Waals surface area (Å²) in [5, 5.41) is 0. The van der Waals surface area contributed by atoms with Gasteiger partial charge in [0.05, 0.1) is 14.2 Å². The molecule has 2 aromatic rings. The van der Waals surface area contributed by atoms with E-state index in [9.17, 15) is 0 Å². The number of unbranched alkanes of at least 4 members (excludes halogenated alkanes) is 1. The van der Waals surface area contributed by atoms with Crippen LogP contribution in [0.4, 0.5) is 0 Å². The molecule has 1 radical (unpaired) electrons. The van der Waals surface area contributed by atoms with Gasteiger partial charge in [-0.1, -0.05) is 50.1 Å². The van der Waals surface area contributed by atoms with Gasteiger partial charge in [0.25, 0.3) is 0 Å². The zero-order valence-electron chi connectivity index (χ0n) is 15.0. The molecule has 0 aliphatic carbocycles. The molecule has 1 unspecified atom stereocenters. The van der Waals surface area contributed by atoms with Gasteiger partial charge in [-0.2, -0.15) is 0 Å². The maximum atomic E-state index is 5.43. The number of aryl methyl sites for hydroxylation is 1. The normalized spacial score (nSPS) is 12.0. The summed E-state index contributed by atoms with van der Waals surface area (Å²) >= 11 is 0. The van der Waals surface area contributed by atoms with Gasteiger partial charge in [-0.25, -0.2) is 0 Å². The van der Waals surface area contributed by atoms with Gasteiger partial charge in [-0.3, -0.25) is 0 Å². The molecule has 2 aromatic carbocycles. The van der Waals surface area contributed by atoms with E-state index in [-0.39, 0.29) is 0 Å². The lowest BCUT2D eigenvalue weighted by molar-refractivity contribution is 0.408. The molecular weight excluding hydrogens is 296 g/mol. The molecule has 1 atom stereocenters. The number of para-hydroxylation sites is 1. The van der Waals surface area contributed by atoms with E-state index in [0.29, 0.717) is 5.92 Å². The molecule has 0 saturated heterocycles. The molecule has 0 fully saturated rings. The molecule has 0 spiro atoms. The minimum Gasteiger partial charge on any atom is -0.497 e. The summed E-state index contributed by atoms with van der Waals surface area (Å²) in [6, 6.07) is 16.8. The van der Waals surface area contributed by atoms with E-state index in [1.807, 2.05) is 18.2 Å². The fourth-order valence-corrected chi connectivity index (χ4v) is 3.24. The Kier molecular flexibility index (Phi) is 7.67. The molecule has 0 aromatic heterocycles. The highest BCUT2D eigenvalue weighted by Gasteiger charge is 2.11. The van der Waals surface area contributed by atoms with Gasteiger partial charge >= 0.3 is 0 Å². The Balaban J connectivity index is 1.89. The quantitative estimate of drug-likeness (QED) is 0.513. The summed E-state index contributed by atoms with van der Waals surface area (Å²) in [6.45, 7) is 4.04. The molecule has 2 nitrogen and oxygen atoms in total. The largest absolute Gasteiger partial charge is 0.497 e. The van der Waals surface area contributed by atoms with Crippen molar-refractivity contribution in [2.45, 2.75) is 44.4 Å². The van der Waals surface area contributed by atoms with E-state index in [1.54, 1.807) is 14.2 Å². The summed E-state index contributed by atoms with van der Waals surface area (Å²) in [5.74, 6) is 2.51. The molecule has 0 heterocycles. The third kappa shape index (κ3) is 5.30. The van der Waals surface area contributed by atoms with E-state index in [2.05, 4.69) is 37.3 Å². The lowest BCUT2D eigenvalue weighted by Gasteiger charge is -2.17. The van der Waals surface area contributed by atoms with Gasteiger partial charge in [0.1, 0.15) is 11.5 Å². The number of rotatable bonds is 10. The molecule has 0 aliphatic rings. The van der Waals surface area contributed by atoms with Crippen molar-refractivity contribution in [2.75, 3.05) is 14.2 Å². The second-order valence-corrected chi connectivity index (χ2v) is 6.17. The Morgan fingerprint density at radius 3 is 2.50 bits per heavy atom. The molecule has 2 heteroatoms. The van der Waals surface area contributed by atoms with Gasteiger partial charge in [0, 0.05) is 0 Å². The van der Waals surface area contributed by atoms with Crippen LogP contribution in [0, 0.1) is 6.92 Å². The molecular formula is C22H29O2. The molecule has 0 bridgehead atoms. The van der Waals surface area contributed by atoms with Crippen LogP contribution in [0.25, 0.3) is 0 Å². The van der Waals surface area contributed by atoms with E-state index in [1.165, 1.54) is 30.4 Å². The average Bonchev–Trinajstić information content (AvgIpc) is 2.64. The lowest BCUT2D eigenvalue weighted by atomic mass is 9.89. The fourth-order valence-electron chi connectivity index (χ4n) is 3.24. The average molecular weight is 325 g/mol. The number of benzene rings is 2.